The number of benzene rings is 2. The number of allylic oxidation sites excluding steroid dienone is 4. The van der Waals surface area contributed by atoms with E-state index in [1.165, 1.54) is 0 Å². The monoisotopic (exact) mass is 595 g/mol. The van der Waals surface area contributed by atoms with Crippen molar-refractivity contribution in [3.8, 4) is 17.2 Å². The molecule has 6 rings (SSSR count). The second-order valence-corrected chi connectivity index (χ2v) is 11.3. The number of piperidine rings is 1. The molecule has 1 aliphatic carbocycles. The van der Waals surface area contributed by atoms with E-state index in [9.17, 15) is 19.5 Å². The Morgan fingerprint density at radius 3 is 2.59 bits per heavy atom. The zero-order chi connectivity index (χ0) is 31.0. The Morgan fingerprint density at radius 1 is 1.09 bits per heavy atom. The summed E-state index contributed by atoms with van der Waals surface area (Å²) in [6.07, 6.45) is 8.60. The number of carboxylic acid groups (broad SMARTS) is 1. The van der Waals surface area contributed by atoms with E-state index in [1.54, 1.807) is 55.5 Å². The first-order chi connectivity index (χ1) is 21.2. The van der Waals surface area contributed by atoms with Crippen LogP contribution in [0.2, 0.25) is 0 Å². The highest BCUT2D eigenvalue weighted by molar-refractivity contribution is 6.01. The van der Waals surface area contributed by atoms with E-state index in [-0.39, 0.29) is 29.0 Å². The van der Waals surface area contributed by atoms with Crippen LogP contribution < -0.4 is 19.5 Å². The lowest BCUT2D eigenvalue weighted by Gasteiger charge is -2.44. The summed E-state index contributed by atoms with van der Waals surface area (Å²) >= 11 is 0. The van der Waals surface area contributed by atoms with Crippen molar-refractivity contribution >= 4 is 34.3 Å². The van der Waals surface area contributed by atoms with Gasteiger partial charge < -0.3 is 29.5 Å². The van der Waals surface area contributed by atoms with E-state index in [0.717, 1.165) is 16.5 Å². The van der Waals surface area contributed by atoms with Crippen molar-refractivity contribution in [2.24, 2.45) is 5.92 Å². The molecule has 2 aromatic carbocycles. The molecule has 2 amide bonds. The molecule has 1 saturated heterocycles. The van der Waals surface area contributed by atoms with E-state index in [1.807, 2.05) is 30.4 Å². The van der Waals surface area contributed by atoms with Crippen LogP contribution in [0.15, 0.2) is 72.3 Å². The van der Waals surface area contributed by atoms with Crippen molar-refractivity contribution in [2.45, 2.75) is 31.9 Å². The van der Waals surface area contributed by atoms with Gasteiger partial charge in [0.1, 0.15) is 28.5 Å². The molecule has 1 fully saturated rings. The van der Waals surface area contributed by atoms with Crippen LogP contribution in [0.4, 0.5) is 0 Å². The van der Waals surface area contributed by atoms with E-state index >= 15 is 0 Å². The fourth-order valence-electron chi connectivity index (χ4n) is 5.94. The van der Waals surface area contributed by atoms with Crippen LogP contribution in [0.25, 0.3) is 16.5 Å². The van der Waals surface area contributed by atoms with Crippen LogP contribution in [-0.4, -0.2) is 65.8 Å². The predicted octanol–water partition coefficient (Wildman–Crippen LogP) is 5.00. The van der Waals surface area contributed by atoms with Crippen molar-refractivity contribution in [1.29, 1.82) is 0 Å². The quantitative estimate of drug-likeness (QED) is 0.422. The van der Waals surface area contributed by atoms with Gasteiger partial charge in [0.15, 0.2) is 5.72 Å². The van der Waals surface area contributed by atoms with Gasteiger partial charge in [-0.15, -0.1) is 0 Å². The highest BCUT2D eigenvalue weighted by Gasteiger charge is 2.43. The number of nitrogens with zero attached hydrogens (tertiary/aromatic N) is 2. The largest absolute Gasteiger partial charge is 0.496 e. The summed E-state index contributed by atoms with van der Waals surface area (Å²) in [5, 5.41) is 13.4. The Bertz CT molecular complexity index is 1770. The van der Waals surface area contributed by atoms with Gasteiger partial charge in [0.2, 0.25) is 0 Å². The number of ether oxygens (including phenoxy) is 3. The van der Waals surface area contributed by atoms with Gasteiger partial charge in [-0.3, -0.25) is 9.59 Å². The van der Waals surface area contributed by atoms with Gasteiger partial charge in [0, 0.05) is 37.4 Å². The maximum atomic E-state index is 13.6. The van der Waals surface area contributed by atoms with Crippen LogP contribution in [0, 0.1) is 5.92 Å². The van der Waals surface area contributed by atoms with E-state index in [2.05, 4.69) is 17.2 Å². The topological polar surface area (TPSA) is 127 Å². The summed E-state index contributed by atoms with van der Waals surface area (Å²) < 4.78 is 17.4. The van der Waals surface area contributed by atoms with E-state index < -0.39 is 11.7 Å². The SMILES string of the molecule is COc1cc(C(=O)N2CCC3(CC2)NC(=O)c2cc(C4=CC(C)CC=CC(C(=O)O)=C4)ccc2O3)nc2c(OC)cccc12. The van der Waals surface area contributed by atoms with Crippen LogP contribution >= 0.6 is 0 Å². The van der Waals surface area contributed by atoms with Gasteiger partial charge in [0.05, 0.1) is 25.4 Å². The van der Waals surface area contributed by atoms with E-state index in [0.29, 0.717) is 60.7 Å². The molecule has 3 heterocycles. The molecule has 0 radical (unpaired) electrons. The average Bonchev–Trinajstić information content (AvgIpc) is 3.01. The summed E-state index contributed by atoms with van der Waals surface area (Å²) in [5.41, 5.74) is 1.86. The first-order valence-corrected chi connectivity index (χ1v) is 14.5. The Hall–Kier alpha value is -5.12. The maximum absolute atomic E-state index is 13.6. The number of aliphatic carboxylic acids is 1. The molecule has 10 nitrogen and oxygen atoms in total. The number of amides is 2. The van der Waals surface area contributed by atoms with Crippen molar-refractivity contribution in [3.63, 3.8) is 0 Å². The Morgan fingerprint density at radius 2 is 1.86 bits per heavy atom. The molecule has 44 heavy (non-hydrogen) atoms. The number of fused-ring (bicyclic) bond motifs is 2. The molecule has 2 N–H and O–H groups in total. The lowest BCUT2D eigenvalue weighted by atomic mass is 9.92. The van der Waals surface area contributed by atoms with Gasteiger partial charge in [0.25, 0.3) is 11.8 Å². The molecule has 3 aliphatic rings. The van der Waals surface area contributed by atoms with Crippen molar-refractivity contribution in [2.75, 3.05) is 27.3 Å². The molecule has 1 aromatic heterocycles. The minimum Gasteiger partial charge on any atom is -0.496 e. The zero-order valence-corrected chi connectivity index (χ0v) is 24.8. The lowest BCUT2D eigenvalue weighted by molar-refractivity contribution is -0.132. The maximum Gasteiger partial charge on any atom is 0.335 e. The number of carbonyl (C=O) groups excluding carboxylic acids is 2. The average molecular weight is 596 g/mol. The molecule has 0 bridgehead atoms. The Balaban J connectivity index is 1.21. The molecule has 3 aromatic rings. The molecule has 1 spiro atoms. The first-order valence-electron chi connectivity index (χ1n) is 14.5. The number of rotatable bonds is 5. The van der Waals surface area contributed by atoms with Gasteiger partial charge in [-0.05, 0) is 53.8 Å². The van der Waals surface area contributed by atoms with Gasteiger partial charge in [-0.2, -0.15) is 0 Å². The molecule has 2 aliphatic heterocycles. The number of hydrogen-bond donors (Lipinski definition) is 2. The van der Waals surface area contributed by atoms with Crippen molar-refractivity contribution in [1.82, 2.24) is 15.2 Å². The number of pyridine rings is 1. The normalized spacial score (nSPS) is 19.1. The molecular formula is C34H33N3O7. The van der Waals surface area contributed by atoms with E-state index in [4.69, 9.17) is 14.2 Å². The number of para-hydroxylation sites is 1. The summed E-state index contributed by atoms with van der Waals surface area (Å²) in [6, 6.07) is 12.5. The number of nitrogens with one attached hydrogen (secondary N) is 1. The molecule has 10 heteroatoms. The third-order valence-electron chi connectivity index (χ3n) is 8.31. The second-order valence-electron chi connectivity index (χ2n) is 11.3. The van der Waals surface area contributed by atoms with Gasteiger partial charge in [-0.25, -0.2) is 9.78 Å². The molecular weight excluding hydrogens is 562 g/mol. The number of hydrogen-bond acceptors (Lipinski definition) is 7. The molecule has 226 valence electrons. The summed E-state index contributed by atoms with van der Waals surface area (Å²) in [4.78, 5) is 45.0. The van der Waals surface area contributed by atoms with Crippen LogP contribution in [-0.2, 0) is 4.79 Å². The number of likely N-dealkylation sites (tertiary alicyclic amines) is 1. The predicted molar refractivity (Wildman–Crippen MR) is 164 cm³/mol. The smallest absolute Gasteiger partial charge is 0.335 e. The van der Waals surface area contributed by atoms with Crippen LogP contribution in [0.1, 0.15) is 52.6 Å². The molecule has 1 unspecified atom stereocenters. The number of aromatic nitrogens is 1. The fraction of sp³-hybridized carbons (Fsp3) is 0.294. The van der Waals surface area contributed by atoms with Gasteiger partial charge >= 0.3 is 5.97 Å². The Kier molecular flexibility index (Phi) is 7.59. The third-order valence-corrected chi connectivity index (χ3v) is 8.31. The first kappa shape index (κ1) is 29.0. The Labute approximate surface area is 254 Å². The number of methoxy groups -OCH3 is 2. The number of carbonyl (C=O) groups is 3. The standard InChI is InChI=1S/C34H33N3O7/c1-20-6-4-7-22(33(40)41)17-23(16-20)21-10-11-27-25(18-21)31(38)36-34(44-27)12-14-37(15-13-34)32(39)26-19-29(43-3)24-8-5-9-28(42-2)30(24)35-26/h4-5,7-11,16-20H,6,12-15H2,1-3H3,(H,36,38)(H,40,41). The van der Waals surface area contributed by atoms with Crippen LogP contribution in [0.3, 0.4) is 0 Å². The summed E-state index contributed by atoms with van der Waals surface area (Å²) in [6.45, 7) is 2.76. The zero-order valence-electron chi connectivity index (χ0n) is 24.8. The third kappa shape index (κ3) is 5.39. The lowest BCUT2D eigenvalue weighted by Crippen LogP contribution is -2.61. The second kappa shape index (κ2) is 11.5. The van der Waals surface area contributed by atoms with Crippen molar-refractivity contribution in [3.05, 3.63) is 89.2 Å². The number of carboxylic acids is 1. The minimum absolute atomic E-state index is 0.179. The molecule has 0 saturated carbocycles. The highest BCUT2D eigenvalue weighted by Crippen LogP contribution is 2.37. The van der Waals surface area contributed by atoms with Gasteiger partial charge in [-0.1, -0.05) is 37.3 Å². The molecule has 1 atom stereocenters. The summed E-state index contributed by atoms with van der Waals surface area (Å²) in [7, 11) is 3.10. The van der Waals surface area contributed by atoms with Crippen LogP contribution in [0.5, 0.6) is 17.2 Å². The van der Waals surface area contributed by atoms with Crippen molar-refractivity contribution < 1.29 is 33.7 Å². The highest BCUT2D eigenvalue weighted by atomic mass is 16.5. The summed E-state index contributed by atoms with van der Waals surface area (Å²) in [5.74, 6) is 0.184. The fourth-order valence-corrected chi connectivity index (χ4v) is 5.94. The minimum atomic E-state index is -1.01.